The van der Waals surface area contributed by atoms with Crippen molar-refractivity contribution < 1.29 is 4.42 Å². The van der Waals surface area contributed by atoms with Crippen LogP contribution in [0.25, 0.3) is 103 Å². The smallest absolute Gasteiger partial charge is 0.188 e. The van der Waals surface area contributed by atoms with Crippen LogP contribution in [0.4, 0.5) is 5.69 Å². The molecule has 0 N–H and O–H groups in total. The summed E-state index contributed by atoms with van der Waals surface area (Å²) in [5.41, 5.74) is 9.39. The highest BCUT2D eigenvalue weighted by molar-refractivity contribution is 6.24. The van der Waals surface area contributed by atoms with E-state index in [4.69, 9.17) is 11.0 Å². The van der Waals surface area contributed by atoms with Gasteiger partial charge in [0.15, 0.2) is 5.69 Å². The Labute approximate surface area is 282 Å². The Hall–Kier alpha value is -6.69. The number of fused-ring (bicyclic) bond motifs is 9. The Bertz CT molecular complexity index is 2990. The molecule has 0 amide bonds. The number of hydrogen-bond donors (Lipinski definition) is 0. The maximum Gasteiger partial charge on any atom is 0.188 e. The van der Waals surface area contributed by atoms with E-state index in [9.17, 15) is 0 Å². The van der Waals surface area contributed by atoms with Gasteiger partial charge in [0.05, 0.1) is 6.57 Å². The van der Waals surface area contributed by atoms with Crippen LogP contribution in [0, 0.1) is 6.57 Å². The lowest BCUT2D eigenvalue weighted by Crippen LogP contribution is -1.89. The van der Waals surface area contributed by atoms with Gasteiger partial charge in [0.1, 0.15) is 11.2 Å². The normalized spacial score (nSPS) is 11.7. The highest BCUT2D eigenvalue weighted by Gasteiger charge is 2.15. The van der Waals surface area contributed by atoms with Crippen LogP contribution in [0.1, 0.15) is 0 Å². The molecule has 1 heterocycles. The molecule has 9 aromatic carbocycles. The van der Waals surface area contributed by atoms with Gasteiger partial charge in [-0.05, 0) is 119 Å². The average Bonchev–Trinajstić information content (AvgIpc) is 3.54. The summed E-state index contributed by atoms with van der Waals surface area (Å²) in [5, 5.41) is 12.0. The van der Waals surface area contributed by atoms with E-state index in [0.29, 0.717) is 5.69 Å². The molecule has 0 spiro atoms. The number of rotatable bonds is 3. The molecule has 0 saturated heterocycles. The fourth-order valence-electron chi connectivity index (χ4n) is 7.64. The molecular formula is C47H27NO. The van der Waals surface area contributed by atoms with E-state index in [-0.39, 0.29) is 0 Å². The van der Waals surface area contributed by atoms with Crippen LogP contribution < -0.4 is 0 Å². The van der Waals surface area contributed by atoms with E-state index in [2.05, 4.69) is 144 Å². The van der Waals surface area contributed by atoms with Crippen molar-refractivity contribution in [3.8, 4) is 33.4 Å². The molecule has 1 aromatic heterocycles. The van der Waals surface area contributed by atoms with Gasteiger partial charge in [-0.1, -0.05) is 121 Å². The second kappa shape index (κ2) is 10.7. The van der Waals surface area contributed by atoms with E-state index >= 15 is 0 Å². The average molecular weight is 622 g/mol. The monoisotopic (exact) mass is 621 g/mol. The molecule has 10 rings (SSSR count). The third-order valence-corrected chi connectivity index (χ3v) is 10.1. The van der Waals surface area contributed by atoms with Crippen molar-refractivity contribution in [3.05, 3.63) is 175 Å². The lowest BCUT2D eigenvalue weighted by molar-refractivity contribution is 0.669. The van der Waals surface area contributed by atoms with E-state index < -0.39 is 0 Å². The van der Waals surface area contributed by atoms with Gasteiger partial charge >= 0.3 is 0 Å². The Morgan fingerprint density at radius 3 is 1.57 bits per heavy atom. The number of benzene rings is 9. The van der Waals surface area contributed by atoms with Crippen LogP contribution in [0.15, 0.2) is 168 Å². The summed E-state index contributed by atoms with van der Waals surface area (Å²) in [4.78, 5) is 3.62. The van der Waals surface area contributed by atoms with Crippen LogP contribution in [0.2, 0.25) is 0 Å². The first-order chi connectivity index (χ1) is 24.2. The van der Waals surface area contributed by atoms with Gasteiger partial charge in [-0.3, -0.25) is 0 Å². The topological polar surface area (TPSA) is 17.5 Å². The first-order valence-corrected chi connectivity index (χ1v) is 16.5. The summed E-state index contributed by atoms with van der Waals surface area (Å²) in [5.74, 6) is 0. The SMILES string of the molecule is [C-]#[N+]c1ccc2oc3ccc(-c4ccc(-c5cc6c7ccccc7c(-c7ccc8ccccc8c7)cc6c6ccccc56)cc4)cc3c2c1. The molecule has 0 atom stereocenters. The van der Waals surface area contributed by atoms with Crippen molar-refractivity contribution in [1.29, 1.82) is 0 Å². The van der Waals surface area contributed by atoms with Crippen molar-refractivity contribution in [2.24, 2.45) is 0 Å². The van der Waals surface area contributed by atoms with Crippen molar-refractivity contribution in [2.75, 3.05) is 0 Å². The molecule has 10 aromatic rings. The van der Waals surface area contributed by atoms with E-state index in [1.807, 2.05) is 18.2 Å². The van der Waals surface area contributed by atoms with Gasteiger partial charge in [0, 0.05) is 10.8 Å². The van der Waals surface area contributed by atoms with Crippen molar-refractivity contribution in [3.63, 3.8) is 0 Å². The predicted octanol–water partition coefficient (Wildman–Crippen LogP) is 13.8. The van der Waals surface area contributed by atoms with Gasteiger partial charge in [0.25, 0.3) is 0 Å². The molecule has 0 unspecified atom stereocenters. The first-order valence-electron chi connectivity index (χ1n) is 16.5. The summed E-state index contributed by atoms with van der Waals surface area (Å²) in [6, 6.07) is 58.6. The minimum atomic E-state index is 0.616. The van der Waals surface area contributed by atoms with Crippen molar-refractivity contribution >= 4 is 70.7 Å². The van der Waals surface area contributed by atoms with Crippen LogP contribution in [-0.4, -0.2) is 0 Å². The minimum Gasteiger partial charge on any atom is -0.456 e. The summed E-state index contributed by atoms with van der Waals surface area (Å²) in [6.07, 6.45) is 0. The molecule has 2 heteroatoms. The van der Waals surface area contributed by atoms with Crippen molar-refractivity contribution in [2.45, 2.75) is 0 Å². The third kappa shape index (κ3) is 4.34. The van der Waals surface area contributed by atoms with E-state index in [0.717, 1.165) is 33.1 Å². The fraction of sp³-hybridized carbons (Fsp3) is 0. The molecule has 0 aliphatic heterocycles. The zero-order valence-corrected chi connectivity index (χ0v) is 26.4. The van der Waals surface area contributed by atoms with Crippen LogP contribution in [0.5, 0.6) is 0 Å². The first kappa shape index (κ1) is 27.4. The van der Waals surface area contributed by atoms with E-state index in [1.165, 1.54) is 65.3 Å². The number of nitrogens with zero attached hydrogens (tertiary/aromatic N) is 1. The van der Waals surface area contributed by atoms with Gasteiger partial charge in [0.2, 0.25) is 0 Å². The zero-order valence-electron chi connectivity index (χ0n) is 26.4. The number of hydrogen-bond acceptors (Lipinski definition) is 1. The number of furan rings is 1. The van der Waals surface area contributed by atoms with Gasteiger partial charge in [-0.2, -0.15) is 0 Å². The molecule has 0 saturated carbocycles. The highest BCUT2D eigenvalue weighted by atomic mass is 16.3. The van der Waals surface area contributed by atoms with Crippen LogP contribution in [0.3, 0.4) is 0 Å². The van der Waals surface area contributed by atoms with Gasteiger partial charge < -0.3 is 4.42 Å². The fourth-order valence-corrected chi connectivity index (χ4v) is 7.64. The molecule has 0 radical (unpaired) electrons. The second-order valence-electron chi connectivity index (χ2n) is 12.8. The van der Waals surface area contributed by atoms with Crippen LogP contribution in [-0.2, 0) is 0 Å². The van der Waals surface area contributed by atoms with E-state index in [1.54, 1.807) is 6.07 Å². The lowest BCUT2D eigenvalue weighted by atomic mass is 9.87. The zero-order chi connectivity index (χ0) is 32.5. The quantitative estimate of drug-likeness (QED) is 0.142. The van der Waals surface area contributed by atoms with Crippen molar-refractivity contribution in [1.82, 2.24) is 0 Å². The summed E-state index contributed by atoms with van der Waals surface area (Å²) in [7, 11) is 0. The maximum absolute atomic E-state index is 7.45. The van der Waals surface area contributed by atoms with Gasteiger partial charge in [-0.25, -0.2) is 4.85 Å². The Morgan fingerprint density at radius 1 is 0.347 bits per heavy atom. The Balaban J connectivity index is 1.13. The molecule has 226 valence electrons. The standard InChI is InChI=1S/C47H27NO/c1-48-35-21-23-47-45(26-35)44-25-33(20-22-46(44)49-47)30-14-17-31(18-15-30)40-27-42-39-13-7-5-11-37(39)41(28-43(42)38-12-6-4-10-36(38)40)34-19-16-29-8-2-3-9-32(29)24-34/h2-28H. The molecular weight excluding hydrogens is 595 g/mol. The molecule has 0 aliphatic carbocycles. The summed E-state index contributed by atoms with van der Waals surface area (Å²) >= 11 is 0. The second-order valence-corrected chi connectivity index (χ2v) is 12.8. The molecule has 0 fully saturated rings. The summed E-state index contributed by atoms with van der Waals surface area (Å²) in [6.45, 7) is 7.45. The van der Waals surface area contributed by atoms with Gasteiger partial charge in [-0.15, -0.1) is 0 Å². The predicted molar refractivity (Wildman–Crippen MR) is 206 cm³/mol. The molecule has 49 heavy (non-hydrogen) atoms. The molecule has 2 nitrogen and oxygen atoms in total. The molecule has 0 aliphatic rings. The largest absolute Gasteiger partial charge is 0.456 e. The minimum absolute atomic E-state index is 0.616. The third-order valence-electron chi connectivity index (χ3n) is 10.1. The Morgan fingerprint density at radius 2 is 0.878 bits per heavy atom. The summed E-state index contributed by atoms with van der Waals surface area (Å²) < 4.78 is 6.07. The highest BCUT2D eigenvalue weighted by Crippen LogP contribution is 2.43. The van der Waals surface area contributed by atoms with Crippen LogP contribution >= 0.6 is 0 Å². The Kier molecular flexibility index (Phi) is 5.97. The molecule has 0 bridgehead atoms. The maximum atomic E-state index is 7.45. The lowest BCUT2D eigenvalue weighted by Gasteiger charge is -2.16.